The van der Waals surface area contributed by atoms with Crippen LogP contribution in [0.5, 0.6) is 0 Å². The summed E-state index contributed by atoms with van der Waals surface area (Å²) in [6.45, 7) is 6.49. The van der Waals surface area contributed by atoms with E-state index in [-0.39, 0.29) is 17.9 Å². The Morgan fingerprint density at radius 1 is 1.00 bits per heavy atom. The maximum Gasteiger partial charge on any atom is 0.123 e. The molecule has 0 bridgehead atoms. The number of rotatable bonds is 5. The number of nitrogens with one attached hydrogen (secondary N) is 1. The van der Waals surface area contributed by atoms with Crippen LogP contribution in [0.1, 0.15) is 23.2 Å². The average Bonchev–Trinajstić information content (AvgIpc) is 3.12. The Morgan fingerprint density at radius 3 is 2.46 bits per heavy atom. The van der Waals surface area contributed by atoms with Gasteiger partial charge in [0, 0.05) is 45.2 Å². The van der Waals surface area contributed by atoms with E-state index in [0.717, 1.165) is 51.6 Å². The van der Waals surface area contributed by atoms with Gasteiger partial charge in [-0.25, -0.2) is 4.39 Å². The van der Waals surface area contributed by atoms with Gasteiger partial charge >= 0.3 is 0 Å². The zero-order valence-electron chi connectivity index (χ0n) is 14.9. The highest BCUT2D eigenvalue weighted by atomic mass is 19.1. The van der Waals surface area contributed by atoms with Gasteiger partial charge in [0.25, 0.3) is 0 Å². The SMILES string of the molecule is Fc1ccc(C2NCN(CCN3CCOCC3)C2c2ccncc2)cc1. The molecule has 2 saturated heterocycles. The summed E-state index contributed by atoms with van der Waals surface area (Å²) in [5, 5.41) is 3.62. The highest BCUT2D eigenvalue weighted by molar-refractivity contribution is 5.28. The van der Waals surface area contributed by atoms with E-state index in [1.54, 1.807) is 0 Å². The zero-order chi connectivity index (χ0) is 17.8. The van der Waals surface area contributed by atoms with E-state index >= 15 is 0 Å². The molecular weight excluding hydrogens is 331 g/mol. The van der Waals surface area contributed by atoms with Crippen LogP contribution >= 0.6 is 0 Å². The molecule has 138 valence electrons. The van der Waals surface area contributed by atoms with Crippen molar-refractivity contribution >= 4 is 0 Å². The number of morpholine rings is 1. The van der Waals surface area contributed by atoms with Crippen LogP contribution in [0.25, 0.3) is 0 Å². The number of nitrogens with zero attached hydrogens (tertiary/aromatic N) is 3. The molecule has 4 rings (SSSR count). The van der Waals surface area contributed by atoms with Crippen LogP contribution in [0.3, 0.4) is 0 Å². The summed E-state index contributed by atoms with van der Waals surface area (Å²) in [5.41, 5.74) is 2.35. The van der Waals surface area contributed by atoms with Crippen molar-refractivity contribution in [3.63, 3.8) is 0 Å². The second-order valence-electron chi connectivity index (χ2n) is 6.88. The predicted octanol–water partition coefficient (Wildman–Crippen LogP) is 2.20. The molecular formula is C20H25FN4O. The van der Waals surface area contributed by atoms with Gasteiger partial charge in [-0.05, 0) is 35.4 Å². The zero-order valence-corrected chi connectivity index (χ0v) is 14.9. The quantitative estimate of drug-likeness (QED) is 0.889. The van der Waals surface area contributed by atoms with Crippen molar-refractivity contribution in [2.24, 2.45) is 0 Å². The molecule has 5 nitrogen and oxygen atoms in total. The number of hydrogen-bond acceptors (Lipinski definition) is 5. The van der Waals surface area contributed by atoms with Gasteiger partial charge in [-0.2, -0.15) is 0 Å². The molecule has 6 heteroatoms. The fraction of sp³-hybridized carbons (Fsp3) is 0.450. The van der Waals surface area contributed by atoms with Crippen LogP contribution in [0.4, 0.5) is 4.39 Å². The number of benzene rings is 1. The van der Waals surface area contributed by atoms with Crippen molar-refractivity contribution in [1.29, 1.82) is 0 Å². The van der Waals surface area contributed by atoms with Gasteiger partial charge < -0.3 is 4.74 Å². The number of pyridine rings is 1. The topological polar surface area (TPSA) is 40.6 Å². The third-order valence-corrected chi connectivity index (χ3v) is 5.31. The molecule has 0 spiro atoms. The van der Waals surface area contributed by atoms with Gasteiger partial charge in [0.2, 0.25) is 0 Å². The minimum absolute atomic E-state index is 0.141. The molecule has 1 aromatic carbocycles. The van der Waals surface area contributed by atoms with Crippen LogP contribution in [0.2, 0.25) is 0 Å². The summed E-state index contributed by atoms with van der Waals surface area (Å²) >= 11 is 0. The molecule has 0 saturated carbocycles. The van der Waals surface area contributed by atoms with E-state index in [9.17, 15) is 4.39 Å². The Hall–Kier alpha value is -1.86. The maximum atomic E-state index is 13.3. The van der Waals surface area contributed by atoms with E-state index < -0.39 is 0 Å². The Labute approximate surface area is 153 Å². The van der Waals surface area contributed by atoms with E-state index in [1.165, 1.54) is 17.7 Å². The first-order valence-electron chi connectivity index (χ1n) is 9.24. The van der Waals surface area contributed by atoms with Crippen molar-refractivity contribution in [2.45, 2.75) is 12.1 Å². The van der Waals surface area contributed by atoms with Crippen LogP contribution < -0.4 is 5.32 Å². The molecule has 2 unspecified atom stereocenters. The smallest absolute Gasteiger partial charge is 0.123 e. The lowest BCUT2D eigenvalue weighted by atomic mass is 9.94. The fourth-order valence-corrected chi connectivity index (χ4v) is 3.88. The van der Waals surface area contributed by atoms with Crippen molar-refractivity contribution < 1.29 is 9.13 Å². The first-order chi connectivity index (χ1) is 12.8. The molecule has 2 aromatic rings. The molecule has 0 aliphatic carbocycles. The maximum absolute atomic E-state index is 13.3. The molecule has 0 amide bonds. The van der Waals surface area contributed by atoms with Gasteiger partial charge in [-0.15, -0.1) is 0 Å². The molecule has 2 atom stereocenters. The number of aromatic nitrogens is 1. The number of halogens is 1. The highest BCUT2D eigenvalue weighted by Gasteiger charge is 2.35. The van der Waals surface area contributed by atoms with E-state index in [0.29, 0.717) is 0 Å². The minimum Gasteiger partial charge on any atom is -0.379 e. The lowest BCUT2D eigenvalue weighted by molar-refractivity contribution is 0.0324. The third kappa shape index (κ3) is 3.94. The molecule has 0 radical (unpaired) electrons. The first kappa shape index (κ1) is 17.5. The monoisotopic (exact) mass is 356 g/mol. The molecule has 1 aromatic heterocycles. The molecule has 3 heterocycles. The molecule has 2 fully saturated rings. The molecule has 2 aliphatic rings. The Kier molecular flexibility index (Phi) is 5.55. The van der Waals surface area contributed by atoms with Crippen LogP contribution in [0.15, 0.2) is 48.8 Å². The molecule has 2 aliphatic heterocycles. The summed E-state index contributed by atoms with van der Waals surface area (Å²) in [5.74, 6) is -0.198. The third-order valence-electron chi connectivity index (χ3n) is 5.31. The fourth-order valence-electron chi connectivity index (χ4n) is 3.88. The summed E-state index contributed by atoms with van der Waals surface area (Å²) in [7, 11) is 0. The highest BCUT2D eigenvalue weighted by Crippen LogP contribution is 2.37. The minimum atomic E-state index is -0.198. The molecule has 26 heavy (non-hydrogen) atoms. The van der Waals surface area contributed by atoms with E-state index in [4.69, 9.17) is 4.74 Å². The Bertz CT molecular complexity index is 691. The summed E-state index contributed by atoms with van der Waals surface area (Å²) < 4.78 is 18.8. The normalized spacial score (nSPS) is 24.8. The van der Waals surface area contributed by atoms with Crippen LogP contribution in [-0.2, 0) is 4.74 Å². The van der Waals surface area contributed by atoms with Gasteiger partial charge in [0.05, 0.1) is 25.3 Å². The summed E-state index contributed by atoms with van der Waals surface area (Å²) in [6, 6.07) is 11.4. The van der Waals surface area contributed by atoms with Gasteiger partial charge in [-0.1, -0.05) is 12.1 Å². The second-order valence-corrected chi connectivity index (χ2v) is 6.88. The van der Waals surface area contributed by atoms with Gasteiger partial charge in [-0.3, -0.25) is 20.1 Å². The predicted molar refractivity (Wildman–Crippen MR) is 98.1 cm³/mol. The number of hydrogen-bond donors (Lipinski definition) is 1. The molecule has 1 N–H and O–H groups in total. The average molecular weight is 356 g/mol. The summed E-state index contributed by atoms with van der Waals surface area (Å²) in [6.07, 6.45) is 3.69. The lowest BCUT2D eigenvalue weighted by Gasteiger charge is -2.31. The van der Waals surface area contributed by atoms with Gasteiger partial charge in [0.1, 0.15) is 5.82 Å². The van der Waals surface area contributed by atoms with Crippen molar-refractivity contribution in [1.82, 2.24) is 20.1 Å². The van der Waals surface area contributed by atoms with E-state index in [1.807, 2.05) is 24.5 Å². The van der Waals surface area contributed by atoms with Crippen molar-refractivity contribution in [2.75, 3.05) is 46.1 Å². The lowest BCUT2D eigenvalue weighted by Crippen LogP contribution is -2.41. The Balaban J connectivity index is 1.52. The van der Waals surface area contributed by atoms with Gasteiger partial charge in [0.15, 0.2) is 0 Å². The Morgan fingerprint density at radius 2 is 1.73 bits per heavy atom. The standard InChI is InChI=1S/C20H25FN4O/c21-18-3-1-16(2-4-18)19-20(17-5-7-22-8-6-17)25(15-23-19)10-9-24-11-13-26-14-12-24/h1-8,19-20,23H,9-15H2. The number of ether oxygens (including phenoxy) is 1. The first-order valence-corrected chi connectivity index (χ1v) is 9.24. The van der Waals surface area contributed by atoms with Crippen LogP contribution in [0, 0.1) is 5.82 Å². The van der Waals surface area contributed by atoms with Crippen LogP contribution in [-0.4, -0.2) is 60.8 Å². The van der Waals surface area contributed by atoms with Crippen molar-refractivity contribution in [3.05, 3.63) is 65.7 Å². The summed E-state index contributed by atoms with van der Waals surface area (Å²) in [4.78, 5) is 9.09. The second kappa shape index (κ2) is 8.22. The largest absolute Gasteiger partial charge is 0.379 e. The van der Waals surface area contributed by atoms with E-state index in [2.05, 4.69) is 32.2 Å². The van der Waals surface area contributed by atoms with Crippen molar-refractivity contribution in [3.8, 4) is 0 Å².